The molecule has 8 rings (SSSR count). The van der Waals surface area contributed by atoms with Gasteiger partial charge in [-0.05, 0) is 208 Å². The van der Waals surface area contributed by atoms with E-state index in [4.69, 9.17) is 58.0 Å². The molecule has 4 aliphatic rings. The third kappa shape index (κ3) is 16.0. The first-order valence-corrected chi connectivity index (χ1v) is 27.7. The molecule has 0 amide bonds. The molecule has 0 heterocycles. The number of ether oxygens (including phenoxy) is 4. The van der Waals surface area contributed by atoms with Crippen molar-refractivity contribution in [3.05, 3.63) is 142 Å². The van der Waals surface area contributed by atoms with Gasteiger partial charge in [-0.15, -0.1) is 0 Å². The highest BCUT2D eigenvalue weighted by atomic mass is 17.3. The Hall–Kier alpha value is -8.16. The molecule has 81 heavy (non-hydrogen) atoms. The van der Waals surface area contributed by atoms with Crippen molar-refractivity contribution in [2.45, 2.75) is 155 Å². The zero-order valence-corrected chi connectivity index (χ0v) is 45.8. The second-order valence-corrected chi connectivity index (χ2v) is 21.6. The molecule has 0 spiro atoms. The minimum absolute atomic E-state index is 0.0589. The normalized spacial score (nSPS) is 23.3. The number of carbonyl (C=O) groups is 8. The highest BCUT2D eigenvalue weighted by Gasteiger charge is 2.57. The van der Waals surface area contributed by atoms with Gasteiger partial charge in [0.25, 0.3) is 0 Å². The second-order valence-electron chi connectivity index (χ2n) is 21.6. The number of benzene rings is 4. The van der Waals surface area contributed by atoms with Crippen LogP contribution in [0.15, 0.2) is 97.1 Å². The van der Waals surface area contributed by atoms with Crippen LogP contribution in [0.4, 0.5) is 19.2 Å². The largest absolute Gasteiger partial charge is 0.550 e. The van der Waals surface area contributed by atoms with Crippen molar-refractivity contribution >= 4 is 48.5 Å². The lowest BCUT2D eigenvalue weighted by molar-refractivity contribution is -0.213. The fraction of sp³-hybridized carbons (Fsp3) is 0.475. The van der Waals surface area contributed by atoms with Gasteiger partial charge in [-0.25, -0.2) is 58.3 Å². The van der Waals surface area contributed by atoms with Crippen molar-refractivity contribution < 1.29 is 96.4 Å². The maximum Gasteiger partial charge on any atom is 0.550 e. The van der Waals surface area contributed by atoms with Crippen molar-refractivity contribution in [3.8, 4) is 0 Å². The van der Waals surface area contributed by atoms with Gasteiger partial charge >= 0.3 is 48.5 Å². The maximum atomic E-state index is 13.0. The Balaban J connectivity index is 0.968. The summed E-state index contributed by atoms with van der Waals surface area (Å²) in [5.74, 6) is -3.17. The molecule has 20 heteroatoms. The van der Waals surface area contributed by atoms with E-state index in [-0.39, 0.29) is 45.9 Å². The summed E-state index contributed by atoms with van der Waals surface area (Å²) in [6, 6.07) is 26.3. The Morgan fingerprint density at radius 1 is 0.272 bits per heavy atom. The molecule has 432 valence electrons. The molecule has 0 unspecified atom stereocenters. The van der Waals surface area contributed by atoms with E-state index in [1.54, 1.807) is 97.1 Å². The van der Waals surface area contributed by atoms with Crippen LogP contribution in [0.1, 0.15) is 166 Å². The third-order valence-corrected chi connectivity index (χ3v) is 16.5. The van der Waals surface area contributed by atoms with Crippen LogP contribution in [-0.4, -0.2) is 72.9 Å². The van der Waals surface area contributed by atoms with Crippen LogP contribution in [0.3, 0.4) is 0 Å². The third-order valence-electron chi connectivity index (χ3n) is 16.5. The van der Waals surface area contributed by atoms with E-state index < -0.39 is 78.3 Å². The summed E-state index contributed by atoms with van der Waals surface area (Å²) in [6.45, 7) is 7.48. The van der Waals surface area contributed by atoms with Crippen LogP contribution in [-0.2, 0) is 58.0 Å². The molecular formula is C61H68O20. The van der Waals surface area contributed by atoms with E-state index in [0.717, 1.165) is 22.3 Å². The van der Waals surface area contributed by atoms with Gasteiger partial charge < -0.3 is 18.9 Å². The van der Waals surface area contributed by atoms with Crippen LogP contribution in [0, 0.1) is 56.8 Å². The number of aryl methyl sites for hydroxylation is 4. The Morgan fingerprint density at radius 3 is 0.617 bits per heavy atom. The van der Waals surface area contributed by atoms with Crippen LogP contribution in [0.25, 0.3) is 0 Å². The van der Waals surface area contributed by atoms with Gasteiger partial charge in [0.2, 0.25) is 0 Å². The fourth-order valence-electron chi connectivity index (χ4n) is 12.6. The Labute approximate surface area is 468 Å². The predicted molar refractivity (Wildman–Crippen MR) is 282 cm³/mol. The molecule has 4 aromatic rings. The van der Waals surface area contributed by atoms with E-state index in [1.165, 1.54) is 0 Å². The van der Waals surface area contributed by atoms with Gasteiger partial charge in [0.15, 0.2) is 0 Å². The van der Waals surface area contributed by atoms with E-state index in [0.29, 0.717) is 103 Å². The standard InChI is InChI=1S/C61H68O20/c1-37-5-13-41(14-6-37)53(62)74-78-57(66)70-49-29-21-45(22-30-49)61(46-23-31-50(32-24-46)71-58(67)79-75-54(63)42-15-7-38(2)8-16-42,47-25-33-51(34-26-47)72-59(68)80-76-55(64)43-17-9-39(3)10-18-43)48-27-35-52(36-28-48)73-60(69)81-77-56(65)44-19-11-40(4)12-20-44/h5-20,45-52H,21-36H2,1-4H3. The smallest absolute Gasteiger partial charge is 0.428 e. The Bertz CT molecular complexity index is 2410. The lowest BCUT2D eigenvalue weighted by Gasteiger charge is -2.60. The predicted octanol–water partition coefficient (Wildman–Crippen LogP) is 13.1. The fourth-order valence-corrected chi connectivity index (χ4v) is 12.6. The van der Waals surface area contributed by atoms with Crippen molar-refractivity contribution in [3.63, 3.8) is 0 Å². The first kappa shape index (κ1) is 59.0. The molecule has 0 aliphatic heterocycles. The Morgan fingerprint density at radius 2 is 0.444 bits per heavy atom. The minimum Gasteiger partial charge on any atom is -0.428 e. The molecule has 0 bridgehead atoms. The SMILES string of the molecule is Cc1ccc(C(=O)OOC(=O)OC2CCC(C(C3CCC(OC(=O)OOC(=O)c4ccc(C)cc4)CC3)(C3CCC(OC(=O)OOC(=O)c4ccc(C)cc4)CC3)C3CCC(OC(=O)OOC(=O)c4ccc(C)cc4)CC3)CC2)cc1. The molecule has 0 radical (unpaired) electrons. The van der Waals surface area contributed by atoms with Gasteiger partial charge in [-0.3, -0.25) is 0 Å². The van der Waals surface area contributed by atoms with Crippen molar-refractivity contribution in [2.75, 3.05) is 0 Å². The van der Waals surface area contributed by atoms with Crippen molar-refractivity contribution in [1.29, 1.82) is 0 Å². The van der Waals surface area contributed by atoms with E-state index >= 15 is 0 Å². The van der Waals surface area contributed by atoms with Crippen LogP contribution < -0.4 is 0 Å². The number of carbonyl (C=O) groups excluding carboxylic acids is 8. The summed E-state index contributed by atoms with van der Waals surface area (Å²) < 4.78 is 22.9. The van der Waals surface area contributed by atoms with E-state index in [1.807, 2.05) is 27.7 Å². The summed E-state index contributed by atoms with van der Waals surface area (Å²) in [7, 11) is 0. The topological polar surface area (TPSA) is 247 Å². The van der Waals surface area contributed by atoms with Crippen molar-refractivity contribution in [1.82, 2.24) is 0 Å². The monoisotopic (exact) mass is 1120 g/mol. The van der Waals surface area contributed by atoms with Crippen LogP contribution in [0.5, 0.6) is 0 Å². The van der Waals surface area contributed by atoms with Crippen LogP contribution >= 0.6 is 0 Å². The summed E-state index contributed by atoms with van der Waals surface area (Å²) in [4.78, 5) is 141. The highest BCUT2D eigenvalue weighted by Crippen LogP contribution is 2.63. The molecule has 0 saturated heterocycles. The van der Waals surface area contributed by atoms with Gasteiger partial charge in [-0.1, -0.05) is 70.8 Å². The van der Waals surface area contributed by atoms with E-state index in [9.17, 15) is 38.4 Å². The molecule has 4 fully saturated rings. The average molecular weight is 1120 g/mol. The lowest BCUT2D eigenvalue weighted by Crippen LogP contribution is -2.54. The van der Waals surface area contributed by atoms with Gasteiger partial charge in [-0.2, -0.15) is 19.2 Å². The number of hydrogen-bond acceptors (Lipinski definition) is 20. The summed E-state index contributed by atoms with van der Waals surface area (Å²) >= 11 is 0. The van der Waals surface area contributed by atoms with E-state index in [2.05, 4.69) is 0 Å². The molecular weight excluding hydrogens is 1050 g/mol. The molecule has 4 aliphatic carbocycles. The van der Waals surface area contributed by atoms with Gasteiger partial charge in [0.05, 0.1) is 22.3 Å². The quantitative estimate of drug-likeness (QED) is 0.0553. The molecule has 0 aromatic heterocycles. The molecule has 4 aromatic carbocycles. The molecule has 4 saturated carbocycles. The van der Waals surface area contributed by atoms with Gasteiger partial charge in [0, 0.05) is 0 Å². The first-order chi connectivity index (χ1) is 39.0. The first-order valence-electron chi connectivity index (χ1n) is 27.7. The zero-order chi connectivity index (χ0) is 57.5. The second kappa shape index (κ2) is 27.8. The average Bonchev–Trinajstić information content (AvgIpc) is 3.65. The summed E-state index contributed by atoms with van der Waals surface area (Å²) in [5, 5.41) is 0. The van der Waals surface area contributed by atoms with Gasteiger partial charge in [0.1, 0.15) is 24.4 Å². The van der Waals surface area contributed by atoms with Crippen molar-refractivity contribution in [2.24, 2.45) is 29.1 Å². The lowest BCUT2D eigenvalue weighted by atomic mass is 9.45. The summed E-state index contributed by atoms with van der Waals surface area (Å²) in [6.07, 6.45) is 2.09. The zero-order valence-electron chi connectivity index (χ0n) is 45.8. The Kier molecular flexibility index (Phi) is 20.3. The number of hydrogen-bond donors (Lipinski definition) is 0. The highest BCUT2D eigenvalue weighted by molar-refractivity contribution is 5.91. The minimum atomic E-state index is -1.14. The number of rotatable bonds is 12. The molecule has 0 N–H and O–H groups in total. The molecule has 0 atom stereocenters. The van der Waals surface area contributed by atoms with Crippen LogP contribution in [0.2, 0.25) is 0 Å². The maximum absolute atomic E-state index is 13.0. The molecule has 20 nitrogen and oxygen atoms in total. The summed E-state index contributed by atoms with van der Waals surface area (Å²) in [5.41, 5.74) is 4.13.